The molecule has 1 aliphatic rings. The Morgan fingerprint density at radius 1 is 1.42 bits per heavy atom. The van der Waals surface area contributed by atoms with E-state index in [0.717, 1.165) is 15.3 Å². The molecule has 5 nitrogen and oxygen atoms in total. The maximum absolute atomic E-state index is 12.1. The van der Waals surface area contributed by atoms with Crippen LogP contribution in [0.4, 0.5) is 5.13 Å². The Balaban J connectivity index is 1.48. The fraction of sp³-hybridized carbons (Fsp3) is 0.412. The molecule has 0 amide bonds. The monoisotopic (exact) mass is 410 g/mol. The van der Waals surface area contributed by atoms with Crippen LogP contribution in [0.5, 0.6) is 5.75 Å². The molecule has 24 heavy (non-hydrogen) atoms. The van der Waals surface area contributed by atoms with E-state index in [1.807, 2.05) is 17.5 Å². The molecule has 0 aliphatic heterocycles. The molecular formula is C17H19BrN2O3S. The molecule has 7 heteroatoms. The van der Waals surface area contributed by atoms with E-state index in [1.165, 1.54) is 12.8 Å². The summed E-state index contributed by atoms with van der Waals surface area (Å²) in [5.41, 5.74) is 0.770. The number of esters is 1. The molecule has 1 saturated carbocycles. The molecule has 2 aromatic rings. The van der Waals surface area contributed by atoms with Crippen molar-refractivity contribution in [3.8, 4) is 5.75 Å². The SMILES string of the molecule is C[C@H](Oc1ccc(Br)cc1)C(=O)OCc1csc(N(C)C2CC2)n1. The van der Waals surface area contributed by atoms with E-state index in [1.54, 1.807) is 30.4 Å². The molecule has 0 unspecified atom stereocenters. The summed E-state index contributed by atoms with van der Waals surface area (Å²) < 4.78 is 11.8. The van der Waals surface area contributed by atoms with Crippen molar-refractivity contribution >= 4 is 38.4 Å². The largest absolute Gasteiger partial charge is 0.479 e. The normalized spacial score (nSPS) is 15.0. The standard InChI is InChI=1S/C17H19BrN2O3S/c1-11(23-15-7-3-12(18)4-8-15)16(21)22-9-13-10-24-17(19-13)20(2)14-5-6-14/h3-4,7-8,10-11,14H,5-6,9H2,1-2H3/t11-/m0/s1. The van der Waals surface area contributed by atoms with E-state index in [4.69, 9.17) is 9.47 Å². The minimum Gasteiger partial charge on any atom is -0.479 e. The highest BCUT2D eigenvalue weighted by Crippen LogP contribution is 2.32. The second kappa shape index (κ2) is 7.53. The van der Waals surface area contributed by atoms with Gasteiger partial charge in [-0.05, 0) is 44.0 Å². The summed E-state index contributed by atoms with van der Waals surface area (Å²) in [6.45, 7) is 1.85. The number of aromatic nitrogens is 1. The number of thiazole rings is 1. The van der Waals surface area contributed by atoms with E-state index >= 15 is 0 Å². The highest BCUT2D eigenvalue weighted by atomic mass is 79.9. The third-order valence-corrected chi connectivity index (χ3v) is 5.27. The predicted molar refractivity (Wildman–Crippen MR) is 97.6 cm³/mol. The van der Waals surface area contributed by atoms with Crippen LogP contribution in [0.3, 0.4) is 0 Å². The van der Waals surface area contributed by atoms with Gasteiger partial charge in [-0.15, -0.1) is 11.3 Å². The molecule has 0 N–H and O–H groups in total. The van der Waals surface area contributed by atoms with Gasteiger partial charge in [-0.1, -0.05) is 15.9 Å². The van der Waals surface area contributed by atoms with Crippen molar-refractivity contribution in [2.75, 3.05) is 11.9 Å². The highest BCUT2D eigenvalue weighted by molar-refractivity contribution is 9.10. The van der Waals surface area contributed by atoms with Gasteiger partial charge in [0.15, 0.2) is 11.2 Å². The summed E-state index contributed by atoms with van der Waals surface area (Å²) >= 11 is 4.94. The molecule has 0 saturated heterocycles. The zero-order valence-electron chi connectivity index (χ0n) is 13.6. The predicted octanol–water partition coefficient (Wildman–Crippen LogP) is 4.01. The van der Waals surface area contributed by atoms with E-state index < -0.39 is 12.1 Å². The number of hydrogen-bond acceptors (Lipinski definition) is 6. The van der Waals surface area contributed by atoms with Gasteiger partial charge >= 0.3 is 5.97 Å². The molecule has 0 spiro atoms. The van der Waals surface area contributed by atoms with Crippen molar-refractivity contribution in [2.45, 2.75) is 38.5 Å². The molecule has 128 valence electrons. The maximum atomic E-state index is 12.1. The first-order valence-electron chi connectivity index (χ1n) is 7.79. The van der Waals surface area contributed by atoms with Gasteiger partial charge in [-0.2, -0.15) is 0 Å². The lowest BCUT2D eigenvalue weighted by Gasteiger charge is -2.14. The smallest absolute Gasteiger partial charge is 0.347 e. The topological polar surface area (TPSA) is 51.7 Å². The molecule has 1 aromatic carbocycles. The summed E-state index contributed by atoms with van der Waals surface area (Å²) in [6.07, 6.45) is 1.79. The van der Waals surface area contributed by atoms with Gasteiger partial charge in [0.1, 0.15) is 12.4 Å². The Morgan fingerprint density at radius 3 is 2.79 bits per heavy atom. The Bertz CT molecular complexity index is 700. The van der Waals surface area contributed by atoms with Crippen molar-refractivity contribution in [2.24, 2.45) is 0 Å². The van der Waals surface area contributed by atoms with Gasteiger partial charge < -0.3 is 14.4 Å². The lowest BCUT2D eigenvalue weighted by Crippen LogP contribution is -2.26. The molecule has 0 bridgehead atoms. The minimum absolute atomic E-state index is 0.169. The van der Waals surface area contributed by atoms with Crippen LogP contribution in [-0.2, 0) is 16.1 Å². The zero-order chi connectivity index (χ0) is 17.1. The Kier molecular flexibility index (Phi) is 5.40. The second-order valence-electron chi connectivity index (χ2n) is 5.79. The number of anilines is 1. The van der Waals surface area contributed by atoms with Crippen LogP contribution in [0.15, 0.2) is 34.1 Å². The van der Waals surface area contributed by atoms with Crippen molar-refractivity contribution in [1.29, 1.82) is 0 Å². The number of carbonyl (C=O) groups is 1. The van der Waals surface area contributed by atoms with Crippen molar-refractivity contribution < 1.29 is 14.3 Å². The zero-order valence-corrected chi connectivity index (χ0v) is 16.0. The average molecular weight is 411 g/mol. The summed E-state index contributed by atoms with van der Waals surface area (Å²) in [7, 11) is 2.06. The average Bonchev–Trinajstić information content (AvgIpc) is 3.32. The molecule has 1 atom stereocenters. The van der Waals surface area contributed by atoms with Gasteiger partial charge in [-0.25, -0.2) is 9.78 Å². The van der Waals surface area contributed by atoms with Gasteiger partial charge in [0.2, 0.25) is 0 Å². The fourth-order valence-corrected chi connectivity index (χ4v) is 3.28. The minimum atomic E-state index is -0.668. The summed E-state index contributed by atoms with van der Waals surface area (Å²) in [5, 5.41) is 2.91. The molecule has 0 radical (unpaired) electrons. The molecular weight excluding hydrogens is 392 g/mol. The Labute approximate surface area is 153 Å². The van der Waals surface area contributed by atoms with Gasteiger partial charge in [0.05, 0.1) is 5.69 Å². The Morgan fingerprint density at radius 2 is 2.12 bits per heavy atom. The second-order valence-corrected chi connectivity index (χ2v) is 7.54. The number of halogens is 1. The molecule has 1 aliphatic carbocycles. The number of ether oxygens (including phenoxy) is 2. The van der Waals surface area contributed by atoms with Gasteiger partial charge in [-0.3, -0.25) is 0 Å². The maximum Gasteiger partial charge on any atom is 0.347 e. The first-order valence-corrected chi connectivity index (χ1v) is 9.46. The van der Waals surface area contributed by atoms with E-state index in [2.05, 4.69) is 32.9 Å². The van der Waals surface area contributed by atoms with Gasteiger partial charge in [0.25, 0.3) is 0 Å². The van der Waals surface area contributed by atoms with E-state index in [0.29, 0.717) is 11.8 Å². The highest BCUT2D eigenvalue weighted by Gasteiger charge is 2.28. The van der Waals surface area contributed by atoms with Crippen LogP contribution in [0.2, 0.25) is 0 Å². The summed E-state index contributed by atoms with van der Waals surface area (Å²) in [6, 6.07) is 7.94. The van der Waals surface area contributed by atoms with Crippen LogP contribution in [0.1, 0.15) is 25.5 Å². The first-order chi connectivity index (χ1) is 11.5. The molecule has 1 heterocycles. The van der Waals surface area contributed by atoms with Crippen LogP contribution >= 0.6 is 27.3 Å². The van der Waals surface area contributed by atoms with Crippen LogP contribution in [0, 0.1) is 0 Å². The summed E-state index contributed by atoms with van der Waals surface area (Å²) in [5.74, 6) is 0.229. The quantitative estimate of drug-likeness (QED) is 0.645. The van der Waals surface area contributed by atoms with Crippen LogP contribution in [0.25, 0.3) is 0 Å². The van der Waals surface area contributed by atoms with Crippen molar-refractivity contribution in [3.63, 3.8) is 0 Å². The van der Waals surface area contributed by atoms with E-state index in [-0.39, 0.29) is 6.61 Å². The molecule has 3 rings (SSSR count). The molecule has 1 fully saturated rings. The third kappa shape index (κ3) is 4.48. The number of benzene rings is 1. The van der Waals surface area contributed by atoms with Crippen molar-refractivity contribution in [3.05, 3.63) is 39.8 Å². The number of rotatable bonds is 7. The van der Waals surface area contributed by atoms with Gasteiger partial charge in [0, 0.05) is 22.9 Å². The van der Waals surface area contributed by atoms with Crippen molar-refractivity contribution in [1.82, 2.24) is 4.98 Å². The van der Waals surface area contributed by atoms with Crippen LogP contribution < -0.4 is 9.64 Å². The molecule has 1 aromatic heterocycles. The first kappa shape index (κ1) is 17.2. The van der Waals surface area contributed by atoms with Crippen LogP contribution in [-0.4, -0.2) is 30.1 Å². The third-order valence-electron chi connectivity index (χ3n) is 3.76. The fourth-order valence-electron chi connectivity index (χ4n) is 2.17. The Hall–Kier alpha value is -1.60. The lowest BCUT2D eigenvalue weighted by atomic mass is 10.3. The number of hydrogen-bond donors (Lipinski definition) is 0. The number of nitrogens with zero attached hydrogens (tertiary/aromatic N) is 2. The summed E-state index contributed by atoms with van der Waals surface area (Å²) in [4.78, 5) is 18.8. The number of carbonyl (C=O) groups excluding carboxylic acids is 1. The van der Waals surface area contributed by atoms with E-state index in [9.17, 15) is 4.79 Å². The lowest BCUT2D eigenvalue weighted by molar-refractivity contribution is -0.152.